The van der Waals surface area contributed by atoms with Gasteiger partial charge in [0.05, 0.1) is 25.7 Å². The number of aliphatic hydroxyl groups excluding tert-OH is 1. The van der Waals surface area contributed by atoms with E-state index < -0.39 is 73.4 Å². The molecule has 0 aromatic heterocycles. The van der Waals surface area contributed by atoms with Gasteiger partial charge in [0.25, 0.3) is 0 Å². The summed E-state index contributed by atoms with van der Waals surface area (Å²) in [6.45, 7) is 9.68. The number of phenols is 2. The summed E-state index contributed by atoms with van der Waals surface area (Å²) >= 11 is 0. The van der Waals surface area contributed by atoms with Crippen molar-refractivity contribution in [2.75, 3.05) is 33.8 Å². The summed E-state index contributed by atoms with van der Waals surface area (Å²) in [5.41, 5.74) is 2.14. The first-order chi connectivity index (χ1) is 22.3. The molecule has 0 saturated heterocycles. The molecular formula is C33H46N6O8. The quantitative estimate of drug-likeness (QED) is 0.174. The second-order valence-corrected chi connectivity index (χ2v) is 10.9. The molecule has 2 aromatic carbocycles. The highest BCUT2D eigenvalue weighted by Crippen LogP contribution is 2.38. The summed E-state index contributed by atoms with van der Waals surface area (Å²) in [6, 6.07) is 5.30. The number of phenolic OH excluding ortho intramolecular Hbond substituents is 2. The van der Waals surface area contributed by atoms with Crippen LogP contribution in [0.3, 0.4) is 0 Å². The third-order valence-corrected chi connectivity index (χ3v) is 7.52. The number of aromatic hydroxyl groups is 2. The van der Waals surface area contributed by atoms with Crippen molar-refractivity contribution in [3.8, 4) is 22.6 Å². The Labute approximate surface area is 274 Å². The first kappa shape index (κ1) is 38.2. The summed E-state index contributed by atoms with van der Waals surface area (Å²) in [4.78, 5) is 65.5. The molecule has 1 unspecified atom stereocenters. The number of hydrogen-bond acceptors (Lipinski definition) is 9. The number of carbonyl (C=O) groups excluding carboxylic acids is 5. The average molecular weight is 655 g/mol. The van der Waals surface area contributed by atoms with E-state index in [1.165, 1.54) is 45.3 Å². The van der Waals surface area contributed by atoms with E-state index in [0.29, 0.717) is 12.0 Å². The van der Waals surface area contributed by atoms with Crippen LogP contribution in [-0.4, -0.2) is 102 Å². The minimum absolute atomic E-state index is 0.136. The van der Waals surface area contributed by atoms with Crippen molar-refractivity contribution >= 4 is 29.5 Å². The van der Waals surface area contributed by atoms with Crippen molar-refractivity contribution in [2.24, 2.45) is 0 Å². The second kappa shape index (κ2) is 17.7. The smallest absolute Gasteiger partial charge is 0.247 e. The summed E-state index contributed by atoms with van der Waals surface area (Å²) < 4.78 is 0. The highest BCUT2D eigenvalue weighted by Gasteiger charge is 2.31. The minimum Gasteiger partial charge on any atom is -0.507 e. The number of nitrogens with one attached hydrogen (secondary N) is 5. The van der Waals surface area contributed by atoms with Crippen LogP contribution >= 0.6 is 0 Å². The molecule has 14 nitrogen and oxygen atoms in total. The van der Waals surface area contributed by atoms with Gasteiger partial charge in [0.15, 0.2) is 0 Å². The molecule has 47 heavy (non-hydrogen) atoms. The standard InChI is InChI=1S/C31H40N6O8.C2H6/c1-16(2)22-11-18-6-8-24(39)20(10-18)21-12-19(7-9-25(21)40)28(31(45)33-13-26(41)36-22)37(5)27(42)14-34-29(43)17(3)35-30(44)23(15-38)32-4;1-2/h6-10,12,17,22-23,28,32,38-40H,1,11,13-15H2,2-5H3,(H,33,45)(H,34,43)(H,35,44)(H,36,41);1-2H3/t17-,22+,23-,28?;/m1./s1. The molecule has 8 N–H and O–H groups in total. The van der Waals surface area contributed by atoms with Crippen LogP contribution in [-0.2, 0) is 30.4 Å². The maximum absolute atomic E-state index is 13.5. The Balaban J connectivity index is 0.00000376. The highest BCUT2D eigenvalue weighted by molar-refractivity contribution is 5.94. The van der Waals surface area contributed by atoms with Crippen LogP contribution in [0.4, 0.5) is 0 Å². The molecule has 256 valence electrons. The summed E-state index contributed by atoms with van der Waals surface area (Å²) in [5.74, 6) is -3.49. The van der Waals surface area contributed by atoms with Crippen molar-refractivity contribution < 1.29 is 39.3 Å². The zero-order valence-corrected chi connectivity index (χ0v) is 27.6. The number of nitrogens with zero attached hydrogens (tertiary/aromatic N) is 1. The monoisotopic (exact) mass is 654 g/mol. The molecule has 4 bridgehead atoms. The SMILES string of the molecule is C=C(C)[C@@H]1Cc2ccc(O)c(c2)-c2cc(ccc2O)C(N(C)C(=O)CNC(=O)[C@@H](C)NC(=O)[C@@H](CO)NC)C(=O)NCC(=O)N1.CC. The third-order valence-electron chi connectivity index (χ3n) is 7.52. The van der Waals surface area contributed by atoms with Gasteiger partial charge in [0, 0.05) is 18.2 Å². The maximum Gasteiger partial charge on any atom is 0.247 e. The van der Waals surface area contributed by atoms with Crippen LogP contribution in [0.25, 0.3) is 11.1 Å². The molecule has 0 spiro atoms. The Morgan fingerprint density at radius 1 is 1.04 bits per heavy atom. The first-order valence-electron chi connectivity index (χ1n) is 15.3. The molecule has 1 aliphatic heterocycles. The summed E-state index contributed by atoms with van der Waals surface area (Å²) in [7, 11) is 2.82. The van der Waals surface area contributed by atoms with Gasteiger partial charge in [0.2, 0.25) is 29.5 Å². The first-order valence-corrected chi connectivity index (χ1v) is 15.3. The molecule has 0 saturated carbocycles. The van der Waals surface area contributed by atoms with E-state index in [-0.39, 0.29) is 28.2 Å². The molecular weight excluding hydrogens is 608 g/mol. The molecule has 4 atom stereocenters. The van der Waals surface area contributed by atoms with Gasteiger partial charge >= 0.3 is 0 Å². The highest BCUT2D eigenvalue weighted by atomic mass is 16.3. The lowest BCUT2D eigenvalue weighted by molar-refractivity contribution is -0.140. The molecule has 0 aliphatic carbocycles. The fraction of sp³-hybridized carbons (Fsp3) is 0.424. The molecule has 0 fully saturated rings. The third kappa shape index (κ3) is 10.0. The zero-order valence-electron chi connectivity index (χ0n) is 27.6. The summed E-state index contributed by atoms with van der Waals surface area (Å²) in [6.07, 6.45) is 0.341. The van der Waals surface area contributed by atoms with E-state index in [0.717, 1.165) is 10.5 Å². The van der Waals surface area contributed by atoms with Crippen molar-refractivity contribution in [3.05, 3.63) is 59.7 Å². The van der Waals surface area contributed by atoms with Crippen LogP contribution in [0.1, 0.15) is 44.9 Å². The molecule has 5 amide bonds. The van der Waals surface area contributed by atoms with Gasteiger partial charge in [-0.15, -0.1) is 0 Å². The Hall–Kier alpha value is -4.95. The second-order valence-electron chi connectivity index (χ2n) is 10.9. The van der Waals surface area contributed by atoms with Gasteiger partial charge in [-0.05, 0) is 62.7 Å². The van der Waals surface area contributed by atoms with Crippen LogP contribution < -0.4 is 26.6 Å². The fourth-order valence-electron chi connectivity index (χ4n) is 4.78. The van der Waals surface area contributed by atoms with Gasteiger partial charge in [-0.2, -0.15) is 0 Å². The van der Waals surface area contributed by atoms with Gasteiger partial charge in [-0.25, -0.2) is 0 Å². The molecule has 0 radical (unpaired) electrons. The molecule has 3 rings (SSSR count). The van der Waals surface area contributed by atoms with Crippen LogP contribution in [0.2, 0.25) is 0 Å². The number of benzene rings is 2. The molecule has 14 heteroatoms. The van der Waals surface area contributed by atoms with Crippen LogP contribution in [0.5, 0.6) is 11.5 Å². The van der Waals surface area contributed by atoms with Crippen LogP contribution in [0, 0.1) is 0 Å². The molecule has 2 aromatic rings. The van der Waals surface area contributed by atoms with E-state index in [1.807, 2.05) is 13.8 Å². The fourth-order valence-corrected chi connectivity index (χ4v) is 4.78. The lowest BCUT2D eigenvalue weighted by Crippen LogP contribution is -2.53. The lowest BCUT2D eigenvalue weighted by Gasteiger charge is -2.29. The van der Waals surface area contributed by atoms with E-state index in [9.17, 15) is 39.3 Å². The number of fused-ring (bicyclic) bond motifs is 5. The Morgan fingerprint density at radius 2 is 1.66 bits per heavy atom. The van der Waals surface area contributed by atoms with Crippen molar-refractivity contribution in [2.45, 2.75) is 58.3 Å². The number of likely N-dealkylation sites (N-methyl/N-ethyl adjacent to an activating group) is 2. The van der Waals surface area contributed by atoms with Crippen LogP contribution in [0.15, 0.2) is 48.6 Å². The average Bonchev–Trinajstić information content (AvgIpc) is 3.04. The predicted octanol–water partition coefficient (Wildman–Crippen LogP) is 0.225. The Kier molecular flexibility index (Phi) is 14.4. The number of rotatable bonds is 9. The number of aliphatic hydroxyl groups is 1. The number of hydrogen-bond donors (Lipinski definition) is 8. The maximum atomic E-state index is 13.5. The largest absolute Gasteiger partial charge is 0.507 e. The van der Waals surface area contributed by atoms with Gasteiger partial charge in [0.1, 0.15) is 29.6 Å². The number of carbonyl (C=O) groups is 5. The van der Waals surface area contributed by atoms with Crippen molar-refractivity contribution in [1.82, 2.24) is 31.5 Å². The molecule has 1 heterocycles. The Morgan fingerprint density at radius 3 is 2.26 bits per heavy atom. The molecule has 1 aliphatic rings. The summed E-state index contributed by atoms with van der Waals surface area (Å²) in [5, 5.41) is 43.6. The predicted molar refractivity (Wildman–Crippen MR) is 176 cm³/mol. The van der Waals surface area contributed by atoms with E-state index in [1.54, 1.807) is 19.1 Å². The minimum atomic E-state index is -1.31. The van der Waals surface area contributed by atoms with Crippen molar-refractivity contribution in [1.29, 1.82) is 0 Å². The normalized spacial score (nSPS) is 17.3. The van der Waals surface area contributed by atoms with Gasteiger partial charge in [-0.3, -0.25) is 24.0 Å². The van der Waals surface area contributed by atoms with Gasteiger partial charge < -0.3 is 46.8 Å². The number of amides is 5. The van der Waals surface area contributed by atoms with E-state index in [2.05, 4.69) is 33.2 Å². The van der Waals surface area contributed by atoms with Crippen molar-refractivity contribution in [3.63, 3.8) is 0 Å². The topological polar surface area (TPSA) is 209 Å². The lowest BCUT2D eigenvalue weighted by atomic mass is 9.93. The van der Waals surface area contributed by atoms with Gasteiger partial charge in [-0.1, -0.05) is 38.1 Å². The van der Waals surface area contributed by atoms with E-state index in [4.69, 9.17) is 0 Å². The van der Waals surface area contributed by atoms with E-state index >= 15 is 0 Å². The zero-order chi connectivity index (χ0) is 35.4. The Bertz CT molecular complexity index is 1480.